The van der Waals surface area contributed by atoms with E-state index in [4.69, 9.17) is 0 Å². The molecule has 1 aromatic heterocycles. The smallest absolute Gasteiger partial charge is 0.191 e. The van der Waals surface area contributed by atoms with E-state index < -0.39 is 23.0 Å². The van der Waals surface area contributed by atoms with Crippen LogP contribution in [0, 0.1) is 5.51 Å². The Bertz CT molecular complexity index is 330. The van der Waals surface area contributed by atoms with Gasteiger partial charge in [-0.15, -0.1) is 10.2 Å². The average Bonchev–Trinajstić information content (AvgIpc) is 2.53. The zero-order valence-electron chi connectivity index (χ0n) is 6.45. The molecular weight excluding hydrogens is 253 g/mol. The summed E-state index contributed by atoms with van der Waals surface area (Å²) in [7, 11) is 0. The predicted octanol–water partition coefficient (Wildman–Crippen LogP) is 2.63. The lowest BCUT2D eigenvalue weighted by Gasteiger charge is -2.25. The Morgan fingerprint density at radius 3 is 1.87 bits per heavy atom. The molecule has 0 atom stereocenters. The van der Waals surface area contributed by atoms with Crippen molar-refractivity contribution in [3.8, 4) is 0 Å². The highest BCUT2D eigenvalue weighted by Crippen LogP contribution is 2.51. The van der Waals surface area contributed by atoms with Crippen LogP contribution in [0.1, 0.15) is 5.01 Å². The molecule has 0 unspecified atom stereocenters. The van der Waals surface area contributed by atoms with Gasteiger partial charge in [0.25, 0.3) is 0 Å². The van der Waals surface area contributed by atoms with Gasteiger partial charge in [0.05, 0.1) is 0 Å². The van der Waals surface area contributed by atoms with Crippen LogP contribution in [-0.2, 0) is 5.92 Å². The third kappa shape index (κ3) is 1.77. The van der Waals surface area contributed by atoms with Gasteiger partial charge in [0.1, 0.15) is 0 Å². The topological polar surface area (TPSA) is 25.8 Å². The van der Waals surface area contributed by atoms with E-state index in [9.17, 15) is 30.7 Å². The van der Waals surface area contributed by atoms with Crippen molar-refractivity contribution in [2.24, 2.45) is 0 Å². The minimum absolute atomic E-state index is 0.204. The third-order valence-electron chi connectivity index (χ3n) is 1.34. The molecule has 0 fully saturated rings. The molecule has 0 amide bonds. The van der Waals surface area contributed by atoms with Crippen molar-refractivity contribution in [3.05, 3.63) is 10.5 Å². The Hall–Kier alpha value is -0.930. The van der Waals surface area contributed by atoms with Gasteiger partial charge in [0, 0.05) is 0 Å². The van der Waals surface area contributed by atoms with Crippen LogP contribution in [-0.4, -0.2) is 22.3 Å². The molecule has 85 valence electrons. The maximum atomic E-state index is 12.7. The van der Waals surface area contributed by atoms with Gasteiger partial charge in [0.15, 0.2) is 10.5 Å². The molecule has 1 heterocycles. The molecule has 0 aromatic carbocycles. The second-order valence-corrected chi connectivity index (χ2v) is 3.12. The van der Waals surface area contributed by atoms with Gasteiger partial charge in [-0.1, -0.05) is 11.3 Å². The second-order valence-electron chi connectivity index (χ2n) is 2.35. The Kier molecular flexibility index (Phi) is 2.66. The number of alkyl halides is 7. The van der Waals surface area contributed by atoms with Gasteiger partial charge in [-0.25, -0.2) is 0 Å². The van der Waals surface area contributed by atoms with Crippen LogP contribution in [0.25, 0.3) is 0 Å². The first kappa shape index (κ1) is 12.1. The van der Waals surface area contributed by atoms with Crippen molar-refractivity contribution in [2.75, 3.05) is 0 Å². The lowest BCUT2D eigenvalue weighted by atomic mass is 10.2. The lowest BCUT2D eigenvalue weighted by Crippen LogP contribution is -2.50. The van der Waals surface area contributed by atoms with E-state index in [0.29, 0.717) is 0 Å². The van der Waals surface area contributed by atoms with E-state index in [1.807, 2.05) is 0 Å². The first-order valence-corrected chi connectivity index (χ1v) is 3.94. The summed E-state index contributed by atoms with van der Waals surface area (Å²) in [5.74, 6) is -11.6. The maximum absolute atomic E-state index is 12.7. The Morgan fingerprint density at radius 1 is 1.00 bits per heavy atom. The van der Waals surface area contributed by atoms with Crippen LogP contribution < -0.4 is 0 Å². The van der Waals surface area contributed by atoms with Crippen molar-refractivity contribution in [1.29, 1.82) is 0 Å². The molecule has 0 saturated heterocycles. The van der Waals surface area contributed by atoms with Gasteiger partial charge < -0.3 is 0 Å². The SMILES string of the molecule is FC(F)(F)C(F)(F)C(F)(F)c1nn[c]s1. The number of rotatable bonds is 2. The molecule has 1 radical (unpaired) electrons. The van der Waals surface area contributed by atoms with Crippen LogP contribution in [0.4, 0.5) is 30.7 Å². The number of aromatic nitrogens is 2. The minimum Gasteiger partial charge on any atom is -0.191 e. The van der Waals surface area contributed by atoms with Gasteiger partial charge in [-0.3, -0.25) is 0 Å². The quantitative estimate of drug-likeness (QED) is 0.757. The summed E-state index contributed by atoms with van der Waals surface area (Å²) in [6.45, 7) is 0. The minimum atomic E-state index is -6.36. The van der Waals surface area contributed by atoms with Crippen molar-refractivity contribution >= 4 is 11.3 Å². The van der Waals surface area contributed by atoms with Crippen LogP contribution in [0.3, 0.4) is 0 Å². The fraction of sp³-hybridized carbons (Fsp3) is 0.600. The first-order valence-electron chi connectivity index (χ1n) is 3.13. The number of nitrogens with zero attached hydrogens (tertiary/aromatic N) is 2. The summed E-state index contributed by atoms with van der Waals surface area (Å²) in [5, 5.41) is 3.37. The fourth-order valence-corrected chi connectivity index (χ4v) is 1.10. The molecule has 1 aromatic rings. The largest absolute Gasteiger partial charge is 0.460 e. The highest BCUT2D eigenvalue weighted by Gasteiger charge is 2.74. The summed E-state index contributed by atoms with van der Waals surface area (Å²) in [4.78, 5) is 0. The number of hydrogen-bond donors (Lipinski definition) is 0. The van der Waals surface area contributed by atoms with E-state index in [2.05, 4.69) is 10.2 Å². The fourth-order valence-electron chi connectivity index (χ4n) is 0.589. The molecule has 0 bridgehead atoms. The van der Waals surface area contributed by atoms with Gasteiger partial charge in [-0.2, -0.15) is 30.7 Å². The van der Waals surface area contributed by atoms with E-state index in [0.717, 1.165) is 0 Å². The Labute approximate surface area is 81.7 Å². The van der Waals surface area contributed by atoms with E-state index in [1.54, 1.807) is 5.51 Å². The number of hydrogen-bond acceptors (Lipinski definition) is 3. The molecule has 2 nitrogen and oxygen atoms in total. The molecule has 0 spiro atoms. The summed E-state index contributed by atoms with van der Waals surface area (Å²) >= 11 is -0.204. The molecule has 10 heteroatoms. The Morgan fingerprint density at radius 2 is 1.53 bits per heavy atom. The second kappa shape index (κ2) is 3.29. The van der Waals surface area contributed by atoms with Crippen LogP contribution in [0.15, 0.2) is 0 Å². The van der Waals surface area contributed by atoms with Crippen molar-refractivity contribution < 1.29 is 30.7 Å². The normalized spacial score (nSPS) is 14.3. The monoisotopic (exact) mass is 253 g/mol. The van der Waals surface area contributed by atoms with Gasteiger partial charge in [-0.05, 0) is 0 Å². The van der Waals surface area contributed by atoms with E-state index in [1.165, 1.54) is 0 Å². The molecule has 15 heavy (non-hydrogen) atoms. The first-order chi connectivity index (χ1) is 6.61. The highest BCUT2D eigenvalue weighted by molar-refractivity contribution is 7.08. The molecule has 0 aliphatic rings. The maximum Gasteiger partial charge on any atom is 0.460 e. The lowest BCUT2D eigenvalue weighted by molar-refractivity contribution is -0.359. The van der Waals surface area contributed by atoms with Crippen LogP contribution >= 0.6 is 11.3 Å². The summed E-state index contributed by atoms with van der Waals surface area (Å²) in [6, 6.07) is 0. The van der Waals surface area contributed by atoms with Crippen molar-refractivity contribution in [2.45, 2.75) is 18.0 Å². The zero-order chi connectivity index (χ0) is 11.9. The molecular formula is C5F7N2S. The van der Waals surface area contributed by atoms with Gasteiger partial charge >= 0.3 is 18.0 Å². The standard InChI is InChI=1S/C5F7N2S/c6-3(7,2-14-13-1-15-2)4(8,9)5(10,11)12. The molecule has 0 saturated carbocycles. The van der Waals surface area contributed by atoms with Gasteiger partial charge in [0.2, 0.25) is 0 Å². The molecule has 1 rings (SSSR count). The van der Waals surface area contributed by atoms with Crippen LogP contribution in [0.5, 0.6) is 0 Å². The number of halogens is 7. The van der Waals surface area contributed by atoms with E-state index >= 15 is 0 Å². The average molecular weight is 253 g/mol. The molecule has 0 N–H and O–H groups in total. The third-order valence-corrected chi connectivity index (χ3v) is 2.05. The van der Waals surface area contributed by atoms with Crippen molar-refractivity contribution in [1.82, 2.24) is 10.2 Å². The Balaban J connectivity index is 3.17. The van der Waals surface area contributed by atoms with Crippen molar-refractivity contribution in [3.63, 3.8) is 0 Å². The van der Waals surface area contributed by atoms with Crippen LogP contribution in [0.2, 0.25) is 0 Å². The summed E-state index contributed by atoms with van der Waals surface area (Å²) < 4.78 is 84.9. The zero-order valence-corrected chi connectivity index (χ0v) is 7.26. The molecule has 0 aliphatic heterocycles. The predicted molar refractivity (Wildman–Crippen MR) is 33.6 cm³/mol. The summed E-state index contributed by atoms with van der Waals surface area (Å²) in [5.41, 5.74) is 1.66. The summed E-state index contributed by atoms with van der Waals surface area (Å²) in [6.07, 6.45) is -6.36. The molecule has 0 aliphatic carbocycles. The highest BCUT2D eigenvalue weighted by atomic mass is 32.1. The van der Waals surface area contributed by atoms with E-state index in [-0.39, 0.29) is 11.3 Å².